The largest absolute Gasteiger partial charge is 0.508 e. The Hall–Kier alpha value is -2.54. The number of phenols is 1. The molecule has 2 rings (SSSR count). The fourth-order valence-electron chi connectivity index (χ4n) is 1.95. The van der Waals surface area contributed by atoms with Gasteiger partial charge in [-0.05, 0) is 42.6 Å². The van der Waals surface area contributed by atoms with Crippen LogP contribution in [0.1, 0.15) is 11.8 Å². The monoisotopic (exact) mass is 348 g/mol. The second-order valence-electron chi connectivity index (χ2n) is 5.15. The van der Waals surface area contributed by atoms with E-state index in [1.54, 1.807) is 19.1 Å². The van der Waals surface area contributed by atoms with Gasteiger partial charge in [0.25, 0.3) is 5.91 Å². The first-order valence-electron chi connectivity index (χ1n) is 7.57. The molecule has 24 heavy (non-hydrogen) atoms. The smallest absolute Gasteiger partial charge is 0.260 e. The second-order valence-corrected chi connectivity index (χ2v) is 6.18. The van der Waals surface area contributed by atoms with Crippen LogP contribution in [-0.4, -0.2) is 36.1 Å². The number of hydrogen-bond donors (Lipinski definition) is 3. The average molecular weight is 348 g/mol. The summed E-state index contributed by atoms with van der Waals surface area (Å²) in [7, 11) is 0. The SMILES string of the molecule is CC(Oc1ccc(O)cc1)C(=O)NCCNC(=O)Cc1cccs1. The molecule has 0 saturated heterocycles. The Bertz CT molecular complexity index is 656. The lowest BCUT2D eigenvalue weighted by atomic mass is 10.3. The van der Waals surface area contributed by atoms with Crippen molar-refractivity contribution < 1.29 is 19.4 Å². The maximum atomic E-state index is 11.9. The van der Waals surface area contributed by atoms with Crippen LogP contribution in [0.4, 0.5) is 0 Å². The third-order valence-corrected chi connectivity index (χ3v) is 4.06. The van der Waals surface area contributed by atoms with Crippen molar-refractivity contribution in [1.82, 2.24) is 10.6 Å². The number of carbonyl (C=O) groups is 2. The molecule has 0 radical (unpaired) electrons. The van der Waals surface area contributed by atoms with Crippen molar-refractivity contribution in [2.24, 2.45) is 0 Å². The van der Waals surface area contributed by atoms with Crippen LogP contribution in [0.15, 0.2) is 41.8 Å². The van der Waals surface area contributed by atoms with Gasteiger partial charge in [-0.1, -0.05) is 6.07 Å². The Balaban J connectivity index is 1.63. The first kappa shape index (κ1) is 17.8. The topological polar surface area (TPSA) is 87.7 Å². The minimum atomic E-state index is -0.670. The van der Waals surface area contributed by atoms with Gasteiger partial charge in [-0.3, -0.25) is 9.59 Å². The molecule has 0 saturated carbocycles. The molecule has 7 heteroatoms. The molecule has 3 N–H and O–H groups in total. The molecular formula is C17H20N2O4S. The highest BCUT2D eigenvalue weighted by Gasteiger charge is 2.14. The molecule has 1 heterocycles. The van der Waals surface area contributed by atoms with Gasteiger partial charge >= 0.3 is 0 Å². The fourth-order valence-corrected chi connectivity index (χ4v) is 2.65. The number of thiophene rings is 1. The zero-order valence-electron chi connectivity index (χ0n) is 13.3. The number of benzene rings is 1. The van der Waals surface area contributed by atoms with Crippen LogP contribution in [0.3, 0.4) is 0 Å². The molecule has 0 aliphatic rings. The first-order chi connectivity index (χ1) is 11.5. The van der Waals surface area contributed by atoms with E-state index in [0.717, 1.165) is 4.88 Å². The summed E-state index contributed by atoms with van der Waals surface area (Å²) < 4.78 is 5.47. The van der Waals surface area contributed by atoms with Crippen LogP contribution < -0.4 is 15.4 Å². The van der Waals surface area contributed by atoms with Crippen molar-refractivity contribution in [1.29, 1.82) is 0 Å². The van der Waals surface area contributed by atoms with Crippen LogP contribution in [0, 0.1) is 0 Å². The van der Waals surface area contributed by atoms with Crippen molar-refractivity contribution in [2.75, 3.05) is 13.1 Å². The maximum absolute atomic E-state index is 11.9. The Labute approximate surface area is 144 Å². The van der Waals surface area contributed by atoms with Crippen LogP contribution in [0.2, 0.25) is 0 Å². The number of rotatable bonds is 8. The minimum absolute atomic E-state index is 0.0694. The van der Waals surface area contributed by atoms with Gasteiger partial charge in [0.15, 0.2) is 6.10 Å². The Morgan fingerprint density at radius 2 is 1.88 bits per heavy atom. The van der Waals surface area contributed by atoms with E-state index in [2.05, 4.69) is 10.6 Å². The summed E-state index contributed by atoms with van der Waals surface area (Å²) in [6, 6.07) is 9.97. The van der Waals surface area contributed by atoms with E-state index in [1.807, 2.05) is 17.5 Å². The Kier molecular flexibility index (Phi) is 6.62. The van der Waals surface area contributed by atoms with E-state index in [-0.39, 0.29) is 17.6 Å². The summed E-state index contributed by atoms with van der Waals surface area (Å²) in [6.07, 6.45) is -0.317. The maximum Gasteiger partial charge on any atom is 0.260 e. The molecule has 2 amide bonds. The highest BCUT2D eigenvalue weighted by Crippen LogP contribution is 2.17. The number of carbonyl (C=O) groups excluding carboxylic acids is 2. The van der Waals surface area contributed by atoms with Gasteiger partial charge in [0, 0.05) is 18.0 Å². The van der Waals surface area contributed by atoms with Crippen LogP contribution in [0.5, 0.6) is 11.5 Å². The van der Waals surface area contributed by atoms with Gasteiger partial charge < -0.3 is 20.5 Å². The van der Waals surface area contributed by atoms with Gasteiger partial charge in [0.05, 0.1) is 6.42 Å². The number of aromatic hydroxyl groups is 1. The zero-order valence-corrected chi connectivity index (χ0v) is 14.1. The van der Waals surface area contributed by atoms with E-state index < -0.39 is 6.10 Å². The molecule has 128 valence electrons. The zero-order chi connectivity index (χ0) is 17.4. The van der Waals surface area contributed by atoms with Gasteiger partial charge in [-0.15, -0.1) is 11.3 Å². The van der Waals surface area contributed by atoms with E-state index in [4.69, 9.17) is 4.74 Å². The molecule has 1 unspecified atom stereocenters. The molecule has 0 aliphatic heterocycles. The lowest BCUT2D eigenvalue weighted by Gasteiger charge is -2.15. The molecule has 1 aromatic heterocycles. The van der Waals surface area contributed by atoms with Gasteiger partial charge in [0.1, 0.15) is 11.5 Å². The van der Waals surface area contributed by atoms with Crippen LogP contribution in [0.25, 0.3) is 0 Å². The number of hydrogen-bond acceptors (Lipinski definition) is 5. The lowest BCUT2D eigenvalue weighted by Crippen LogP contribution is -2.40. The Morgan fingerprint density at radius 1 is 1.17 bits per heavy atom. The highest BCUT2D eigenvalue weighted by molar-refractivity contribution is 7.10. The second kappa shape index (κ2) is 8.93. The van der Waals surface area contributed by atoms with E-state index in [0.29, 0.717) is 25.3 Å². The number of nitrogens with one attached hydrogen (secondary N) is 2. The number of phenolic OH excluding ortho intramolecular Hbond substituents is 1. The third-order valence-electron chi connectivity index (χ3n) is 3.18. The summed E-state index contributed by atoms with van der Waals surface area (Å²) in [5.74, 6) is 0.299. The van der Waals surface area contributed by atoms with Gasteiger partial charge in [-0.25, -0.2) is 0 Å². The molecule has 0 fully saturated rings. The summed E-state index contributed by atoms with van der Waals surface area (Å²) in [5, 5.41) is 16.6. The summed E-state index contributed by atoms with van der Waals surface area (Å²) >= 11 is 1.54. The molecule has 2 aromatic rings. The van der Waals surface area contributed by atoms with E-state index in [9.17, 15) is 14.7 Å². The van der Waals surface area contributed by atoms with Crippen molar-refractivity contribution in [3.8, 4) is 11.5 Å². The number of ether oxygens (including phenoxy) is 1. The molecule has 6 nitrogen and oxygen atoms in total. The highest BCUT2D eigenvalue weighted by atomic mass is 32.1. The van der Waals surface area contributed by atoms with Gasteiger partial charge in [0.2, 0.25) is 5.91 Å². The lowest BCUT2D eigenvalue weighted by molar-refractivity contribution is -0.127. The van der Waals surface area contributed by atoms with Crippen LogP contribution in [-0.2, 0) is 16.0 Å². The van der Waals surface area contributed by atoms with E-state index >= 15 is 0 Å². The standard InChI is InChI=1S/C17H20N2O4S/c1-12(23-14-6-4-13(20)5-7-14)17(22)19-9-8-18-16(21)11-15-3-2-10-24-15/h2-7,10,12,20H,8-9,11H2,1H3,(H,18,21)(H,19,22). The van der Waals surface area contributed by atoms with Crippen molar-refractivity contribution in [2.45, 2.75) is 19.4 Å². The summed E-state index contributed by atoms with van der Waals surface area (Å²) in [5.41, 5.74) is 0. The van der Waals surface area contributed by atoms with Gasteiger partial charge in [-0.2, -0.15) is 0 Å². The molecular weight excluding hydrogens is 328 g/mol. The molecule has 1 aromatic carbocycles. The average Bonchev–Trinajstić information content (AvgIpc) is 3.06. The van der Waals surface area contributed by atoms with Crippen molar-refractivity contribution in [3.05, 3.63) is 46.7 Å². The number of amides is 2. The molecule has 0 aliphatic carbocycles. The quantitative estimate of drug-likeness (QED) is 0.634. The normalized spacial score (nSPS) is 11.5. The molecule has 0 spiro atoms. The van der Waals surface area contributed by atoms with Crippen molar-refractivity contribution >= 4 is 23.2 Å². The summed E-state index contributed by atoms with van der Waals surface area (Å²) in [4.78, 5) is 24.6. The van der Waals surface area contributed by atoms with E-state index in [1.165, 1.54) is 23.5 Å². The fraction of sp³-hybridized carbons (Fsp3) is 0.294. The predicted octanol–water partition coefficient (Wildman–Crippen LogP) is 1.70. The molecule has 1 atom stereocenters. The minimum Gasteiger partial charge on any atom is -0.508 e. The third kappa shape index (κ3) is 5.92. The first-order valence-corrected chi connectivity index (χ1v) is 8.45. The summed E-state index contributed by atoms with van der Waals surface area (Å²) in [6.45, 7) is 2.33. The predicted molar refractivity (Wildman–Crippen MR) is 92.2 cm³/mol. The van der Waals surface area contributed by atoms with Crippen molar-refractivity contribution in [3.63, 3.8) is 0 Å². The Morgan fingerprint density at radius 3 is 2.54 bits per heavy atom. The van der Waals surface area contributed by atoms with Crippen LogP contribution >= 0.6 is 11.3 Å². The molecule has 0 bridgehead atoms.